The van der Waals surface area contributed by atoms with Gasteiger partial charge in [-0.05, 0) is 12.8 Å². The van der Waals surface area contributed by atoms with Crippen LogP contribution in [0.4, 0.5) is 0 Å². The van der Waals surface area contributed by atoms with Crippen LogP contribution in [0, 0.1) is 5.92 Å². The zero-order valence-corrected chi connectivity index (χ0v) is 11.3. The largest absolute Gasteiger partial charge is 0.322 e. The molecule has 3 atom stereocenters. The molecule has 0 aromatic heterocycles. The van der Waals surface area contributed by atoms with Gasteiger partial charge in [0, 0.05) is 12.3 Å². The number of carbonyl (C=O) groups is 2. The van der Waals surface area contributed by atoms with E-state index in [9.17, 15) is 9.59 Å². The van der Waals surface area contributed by atoms with Gasteiger partial charge in [0.1, 0.15) is 0 Å². The minimum absolute atomic E-state index is 0.00301. The van der Waals surface area contributed by atoms with Gasteiger partial charge < -0.3 is 11.5 Å². The van der Waals surface area contributed by atoms with Crippen LogP contribution in [0.15, 0.2) is 0 Å². The van der Waals surface area contributed by atoms with Gasteiger partial charge in [-0.15, -0.1) is 11.8 Å². The maximum atomic E-state index is 12.4. The fourth-order valence-corrected chi connectivity index (χ4v) is 3.10. The first-order valence-corrected chi connectivity index (χ1v) is 6.80. The van der Waals surface area contributed by atoms with E-state index in [2.05, 4.69) is 5.32 Å². The summed E-state index contributed by atoms with van der Waals surface area (Å²) in [5.74, 6) is 0.191. The van der Waals surface area contributed by atoms with Crippen molar-refractivity contribution < 1.29 is 9.59 Å². The molecule has 0 radical (unpaired) electrons. The summed E-state index contributed by atoms with van der Waals surface area (Å²) in [5, 5.41) is 2.99. The van der Waals surface area contributed by atoms with Gasteiger partial charge in [0.2, 0.25) is 0 Å². The Morgan fingerprint density at radius 2 is 1.82 bits per heavy atom. The molecular formula is C11H21N3O2S. The third-order valence-corrected chi connectivity index (χ3v) is 4.31. The molecule has 17 heavy (non-hydrogen) atoms. The summed E-state index contributed by atoms with van der Waals surface area (Å²) >= 11 is 1.31. The van der Waals surface area contributed by atoms with Crippen molar-refractivity contribution >= 4 is 23.3 Å². The molecule has 5 nitrogen and oxygen atoms in total. The summed E-state index contributed by atoms with van der Waals surface area (Å²) in [4.78, 5) is 23.3. The smallest absolute Gasteiger partial charge is 0.187 e. The fourth-order valence-electron chi connectivity index (χ4n) is 1.78. The topological polar surface area (TPSA) is 98.2 Å². The van der Waals surface area contributed by atoms with Crippen molar-refractivity contribution in [3.63, 3.8) is 0 Å². The molecule has 5 N–H and O–H groups in total. The highest BCUT2D eigenvalue weighted by Crippen LogP contribution is 2.32. The molecule has 0 aromatic carbocycles. The molecule has 98 valence electrons. The zero-order chi connectivity index (χ0) is 13.2. The van der Waals surface area contributed by atoms with Gasteiger partial charge >= 0.3 is 0 Å². The number of hydrogen-bond donors (Lipinski definition) is 3. The van der Waals surface area contributed by atoms with Crippen LogP contribution in [0.3, 0.4) is 0 Å². The Bertz CT molecular complexity index is 312. The monoisotopic (exact) mass is 259 g/mol. The number of ketones is 2. The van der Waals surface area contributed by atoms with E-state index in [1.807, 2.05) is 13.8 Å². The van der Waals surface area contributed by atoms with Crippen LogP contribution in [0.2, 0.25) is 0 Å². The highest BCUT2D eigenvalue weighted by molar-refractivity contribution is 8.02. The second-order valence-electron chi connectivity index (χ2n) is 4.74. The molecular weight excluding hydrogens is 238 g/mol. The van der Waals surface area contributed by atoms with E-state index in [1.165, 1.54) is 11.8 Å². The Balaban J connectivity index is 3.00. The number of hydrogen-bond acceptors (Lipinski definition) is 6. The quantitative estimate of drug-likeness (QED) is 0.575. The molecule has 3 unspecified atom stereocenters. The SMILES string of the molecule is CC(N)C(=O)C1(C(=O)C(N)C(C)C)NCCS1. The number of Topliss-reactive ketones (excluding diaryl/α,β-unsaturated/α-hetero) is 2. The zero-order valence-electron chi connectivity index (χ0n) is 10.5. The molecule has 6 heteroatoms. The standard InChI is InChI=1S/C11H21N3O2S/c1-6(2)8(13)10(16)11(9(15)7(3)12)14-4-5-17-11/h6-8,14H,4-5,12-13H2,1-3H3. The Morgan fingerprint density at radius 3 is 2.18 bits per heavy atom. The van der Waals surface area contributed by atoms with E-state index in [-0.39, 0.29) is 17.5 Å². The summed E-state index contributed by atoms with van der Waals surface area (Å²) in [5.41, 5.74) is 11.5. The third-order valence-electron chi connectivity index (χ3n) is 2.92. The second-order valence-corrected chi connectivity index (χ2v) is 6.05. The molecule has 1 fully saturated rings. The Labute approximate surface area is 106 Å². The first-order chi connectivity index (χ1) is 7.83. The summed E-state index contributed by atoms with van der Waals surface area (Å²) in [6, 6.07) is -1.31. The number of thioether (sulfide) groups is 1. The van der Waals surface area contributed by atoms with Crippen LogP contribution >= 0.6 is 11.8 Å². The summed E-state index contributed by atoms with van der Waals surface area (Å²) in [7, 11) is 0. The van der Waals surface area contributed by atoms with Crippen molar-refractivity contribution in [2.24, 2.45) is 17.4 Å². The van der Waals surface area contributed by atoms with Crippen molar-refractivity contribution in [3.05, 3.63) is 0 Å². The van der Waals surface area contributed by atoms with Crippen molar-refractivity contribution in [1.29, 1.82) is 0 Å². The van der Waals surface area contributed by atoms with Crippen LogP contribution in [-0.4, -0.2) is 40.8 Å². The highest BCUT2D eigenvalue weighted by Gasteiger charge is 2.51. The fraction of sp³-hybridized carbons (Fsp3) is 0.818. The van der Waals surface area contributed by atoms with Crippen molar-refractivity contribution in [3.8, 4) is 0 Å². The third kappa shape index (κ3) is 2.70. The lowest BCUT2D eigenvalue weighted by Crippen LogP contribution is -2.62. The van der Waals surface area contributed by atoms with Gasteiger partial charge in [-0.2, -0.15) is 0 Å². The Hall–Kier alpha value is -0.430. The van der Waals surface area contributed by atoms with E-state index in [4.69, 9.17) is 11.5 Å². The van der Waals surface area contributed by atoms with Crippen LogP contribution < -0.4 is 16.8 Å². The first-order valence-electron chi connectivity index (χ1n) is 5.81. The lowest BCUT2D eigenvalue weighted by Gasteiger charge is -2.30. The minimum Gasteiger partial charge on any atom is -0.322 e. The van der Waals surface area contributed by atoms with Crippen molar-refractivity contribution in [2.75, 3.05) is 12.3 Å². The number of carbonyl (C=O) groups excluding carboxylic acids is 2. The van der Waals surface area contributed by atoms with Crippen LogP contribution in [0.5, 0.6) is 0 Å². The summed E-state index contributed by atoms with van der Waals surface area (Å²) in [6.07, 6.45) is 0. The van der Waals surface area contributed by atoms with E-state index in [1.54, 1.807) is 6.92 Å². The molecule has 0 saturated carbocycles. The molecule has 1 rings (SSSR count). The molecule has 1 saturated heterocycles. The van der Waals surface area contributed by atoms with E-state index < -0.39 is 17.0 Å². The van der Waals surface area contributed by atoms with Crippen molar-refractivity contribution in [2.45, 2.75) is 37.7 Å². The van der Waals surface area contributed by atoms with Crippen LogP contribution in [0.1, 0.15) is 20.8 Å². The molecule has 0 amide bonds. The summed E-state index contributed by atoms with van der Waals surface area (Å²) in [6.45, 7) is 5.96. The molecule has 0 spiro atoms. The average molecular weight is 259 g/mol. The first kappa shape index (κ1) is 14.6. The molecule has 1 aliphatic rings. The predicted molar refractivity (Wildman–Crippen MR) is 69.7 cm³/mol. The van der Waals surface area contributed by atoms with Gasteiger partial charge in [-0.3, -0.25) is 14.9 Å². The molecule has 1 heterocycles. The van der Waals surface area contributed by atoms with Gasteiger partial charge in [-0.25, -0.2) is 0 Å². The maximum absolute atomic E-state index is 12.4. The molecule has 0 bridgehead atoms. The van der Waals surface area contributed by atoms with Gasteiger partial charge in [0.05, 0.1) is 12.1 Å². The number of nitrogens with one attached hydrogen (secondary N) is 1. The Kier molecular flexibility index (Phi) is 4.71. The number of nitrogens with two attached hydrogens (primary N) is 2. The van der Waals surface area contributed by atoms with E-state index >= 15 is 0 Å². The normalized spacial score (nSPS) is 28.1. The highest BCUT2D eigenvalue weighted by atomic mass is 32.2. The average Bonchev–Trinajstić information content (AvgIpc) is 2.75. The van der Waals surface area contributed by atoms with Gasteiger partial charge in [-0.1, -0.05) is 13.8 Å². The Morgan fingerprint density at radius 1 is 1.24 bits per heavy atom. The lowest BCUT2D eigenvalue weighted by atomic mass is 9.91. The molecule has 0 aliphatic carbocycles. The number of rotatable bonds is 5. The van der Waals surface area contributed by atoms with Crippen LogP contribution in [0.25, 0.3) is 0 Å². The van der Waals surface area contributed by atoms with Crippen molar-refractivity contribution in [1.82, 2.24) is 5.32 Å². The van der Waals surface area contributed by atoms with E-state index in [0.717, 1.165) is 5.75 Å². The van der Waals surface area contributed by atoms with E-state index in [0.29, 0.717) is 6.54 Å². The summed E-state index contributed by atoms with van der Waals surface area (Å²) < 4.78 is 0. The minimum atomic E-state index is -1.22. The van der Waals surface area contributed by atoms with Gasteiger partial charge in [0.25, 0.3) is 0 Å². The predicted octanol–water partition coefficient (Wildman–Crippen LogP) is -0.512. The lowest BCUT2D eigenvalue weighted by molar-refractivity contribution is -0.133. The molecule has 1 aliphatic heterocycles. The van der Waals surface area contributed by atoms with Crippen LogP contribution in [-0.2, 0) is 9.59 Å². The maximum Gasteiger partial charge on any atom is 0.187 e. The van der Waals surface area contributed by atoms with Gasteiger partial charge in [0.15, 0.2) is 16.4 Å². The molecule has 0 aromatic rings. The second kappa shape index (κ2) is 5.48.